The van der Waals surface area contributed by atoms with E-state index in [1.54, 1.807) is 0 Å². The summed E-state index contributed by atoms with van der Waals surface area (Å²) in [5, 5.41) is 12.1. The predicted octanol–water partition coefficient (Wildman–Crippen LogP) is 2.57. The van der Waals surface area contributed by atoms with Crippen molar-refractivity contribution in [1.29, 1.82) is 0 Å². The van der Waals surface area contributed by atoms with Crippen LogP contribution in [0.2, 0.25) is 0 Å². The Balaban J connectivity index is 1.97. The van der Waals surface area contributed by atoms with E-state index in [1.165, 1.54) is 0 Å². The molecule has 2 rings (SSSR count). The van der Waals surface area contributed by atoms with Crippen LogP contribution >= 0.6 is 11.8 Å². The van der Waals surface area contributed by atoms with Gasteiger partial charge >= 0.3 is 0 Å². The first kappa shape index (κ1) is 18.3. The normalized spacial score (nSPS) is 18.3. The van der Waals surface area contributed by atoms with E-state index in [-0.39, 0.29) is 24.0 Å². The Morgan fingerprint density at radius 2 is 2.04 bits per heavy atom. The number of hydrogen-bond acceptors (Lipinski definition) is 4. The lowest BCUT2D eigenvalue weighted by molar-refractivity contribution is -0.125. The molecule has 128 valence electrons. The van der Waals surface area contributed by atoms with E-state index in [9.17, 15) is 4.79 Å². The smallest absolute Gasteiger partial charge is 0.227 e. The summed E-state index contributed by atoms with van der Waals surface area (Å²) in [5.41, 5.74) is 0.732. The molecule has 1 fully saturated rings. The van der Waals surface area contributed by atoms with Gasteiger partial charge in [-0.05, 0) is 36.3 Å². The highest BCUT2D eigenvalue weighted by atomic mass is 32.2. The average molecular weight is 337 g/mol. The zero-order valence-corrected chi connectivity index (χ0v) is 14.6. The molecule has 0 radical (unpaired) electrons. The molecule has 0 aromatic heterocycles. The number of aliphatic hydroxyl groups excluding tert-OH is 1. The van der Waals surface area contributed by atoms with Crippen LogP contribution in [0.1, 0.15) is 37.7 Å². The molecule has 5 heteroatoms. The van der Waals surface area contributed by atoms with Gasteiger partial charge in [0.05, 0.1) is 24.7 Å². The van der Waals surface area contributed by atoms with Crippen molar-refractivity contribution in [3.05, 3.63) is 35.9 Å². The maximum absolute atomic E-state index is 12.6. The Labute approximate surface area is 143 Å². The lowest BCUT2D eigenvalue weighted by atomic mass is 9.93. The third-order valence-electron chi connectivity index (χ3n) is 4.42. The first-order valence-corrected chi connectivity index (χ1v) is 9.51. The SMILES string of the molecule is CCC(C(=O)NCC1(OCCO)CCSCC1)c1ccccc1. The van der Waals surface area contributed by atoms with E-state index in [4.69, 9.17) is 9.84 Å². The number of amides is 1. The summed E-state index contributed by atoms with van der Waals surface area (Å²) in [6, 6.07) is 9.91. The van der Waals surface area contributed by atoms with Gasteiger partial charge in [-0.1, -0.05) is 37.3 Å². The second-order valence-electron chi connectivity index (χ2n) is 5.96. The molecule has 0 spiro atoms. The molecule has 1 unspecified atom stereocenters. The van der Waals surface area contributed by atoms with Crippen LogP contribution in [0, 0.1) is 0 Å². The van der Waals surface area contributed by atoms with Gasteiger partial charge in [0.1, 0.15) is 0 Å². The topological polar surface area (TPSA) is 58.6 Å². The molecule has 23 heavy (non-hydrogen) atoms. The minimum absolute atomic E-state index is 0.0183. The first-order valence-electron chi connectivity index (χ1n) is 8.36. The second kappa shape index (κ2) is 9.30. The van der Waals surface area contributed by atoms with Crippen LogP contribution in [-0.4, -0.2) is 47.9 Å². The average Bonchev–Trinajstić information content (AvgIpc) is 2.61. The second-order valence-corrected chi connectivity index (χ2v) is 7.18. The van der Waals surface area contributed by atoms with Crippen LogP contribution in [0.15, 0.2) is 30.3 Å². The molecular weight excluding hydrogens is 310 g/mol. The molecule has 1 aliphatic rings. The highest BCUT2D eigenvalue weighted by Crippen LogP contribution is 2.30. The number of ether oxygens (including phenoxy) is 1. The third-order valence-corrected chi connectivity index (χ3v) is 5.40. The summed E-state index contributed by atoms with van der Waals surface area (Å²) >= 11 is 1.92. The molecule has 1 saturated heterocycles. The molecule has 1 heterocycles. The summed E-state index contributed by atoms with van der Waals surface area (Å²) in [4.78, 5) is 12.6. The van der Waals surface area contributed by atoms with Crippen LogP contribution in [0.3, 0.4) is 0 Å². The fraction of sp³-hybridized carbons (Fsp3) is 0.611. The number of hydrogen-bond donors (Lipinski definition) is 2. The highest BCUT2D eigenvalue weighted by Gasteiger charge is 2.34. The lowest BCUT2D eigenvalue weighted by Crippen LogP contribution is -2.48. The Kier molecular flexibility index (Phi) is 7.40. The number of benzene rings is 1. The van der Waals surface area contributed by atoms with Gasteiger partial charge in [-0.25, -0.2) is 0 Å². The molecule has 0 saturated carbocycles. The molecule has 1 aliphatic heterocycles. The molecule has 1 atom stereocenters. The zero-order chi connectivity index (χ0) is 16.5. The Morgan fingerprint density at radius 3 is 2.65 bits per heavy atom. The first-order chi connectivity index (χ1) is 11.2. The van der Waals surface area contributed by atoms with Gasteiger partial charge in [0, 0.05) is 6.54 Å². The predicted molar refractivity (Wildman–Crippen MR) is 94.8 cm³/mol. The molecule has 2 N–H and O–H groups in total. The van der Waals surface area contributed by atoms with Gasteiger partial charge in [-0.3, -0.25) is 4.79 Å². The molecule has 1 aromatic rings. The molecule has 0 aliphatic carbocycles. The minimum atomic E-state index is -0.321. The van der Waals surface area contributed by atoms with E-state index in [0.717, 1.165) is 36.3 Å². The van der Waals surface area contributed by atoms with Crippen LogP contribution in [0.25, 0.3) is 0 Å². The van der Waals surface area contributed by atoms with Crippen LogP contribution in [-0.2, 0) is 9.53 Å². The summed E-state index contributed by atoms with van der Waals surface area (Å²) in [6.45, 7) is 2.91. The number of carbonyl (C=O) groups is 1. The third kappa shape index (κ3) is 5.23. The fourth-order valence-electron chi connectivity index (χ4n) is 3.01. The van der Waals surface area contributed by atoms with Crippen LogP contribution in [0.5, 0.6) is 0 Å². The molecule has 1 aromatic carbocycles. The van der Waals surface area contributed by atoms with Crippen molar-refractivity contribution in [2.75, 3.05) is 31.3 Å². The summed E-state index contributed by atoms with van der Waals surface area (Å²) < 4.78 is 5.91. The monoisotopic (exact) mass is 337 g/mol. The highest BCUT2D eigenvalue weighted by molar-refractivity contribution is 7.99. The maximum atomic E-state index is 12.6. The summed E-state index contributed by atoms with van der Waals surface area (Å²) in [5.74, 6) is 2.02. The number of thioether (sulfide) groups is 1. The number of nitrogens with one attached hydrogen (secondary N) is 1. The van der Waals surface area contributed by atoms with Gasteiger partial charge in [0.2, 0.25) is 5.91 Å². The van der Waals surface area contributed by atoms with E-state index < -0.39 is 0 Å². The van der Waals surface area contributed by atoms with Crippen LogP contribution in [0.4, 0.5) is 0 Å². The van der Waals surface area contributed by atoms with Gasteiger partial charge in [0.25, 0.3) is 0 Å². The van der Waals surface area contributed by atoms with E-state index in [2.05, 4.69) is 5.32 Å². The minimum Gasteiger partial charge on any atom is -0.394 e. The van der Waals surface area contributed by atoms with Crippen molar-refractivity contribution < 1.29 is 14.6 Å². The van der Waals surface area contributed by atoms with E-state index in [1.807, 2.05) is 49.0 Å². The molecular formula is C18H27NO3S. The fourth-order valence-corrected chi connectivity index (χ4v) is 4.24. The van der Waals surface area contributed by atoms with Crippen molar-refractivity contribution in [2.45, 2.75) is 37.7 Å². The van der Waals surface area contributed by atoms with Gasteiger partial charge < -0.3 is 15.2 Å². The molecule has 1 amide bonds. The van der Waals surface area contributed by atoms with Gasteiger partial charge in [-0.15, -0.1) is 0 Å². The summed E-state index contributed by atoms with van der Waals surface area (Å²) in [7, 11) is 0. The van der Waals surface area contributed by atoms with Crippen molar-refractivity contribution in [1.82, 2.24) is 5.32 Å². The largest absolute Gasteiger partial charge is 0.394 e. The van der Waals surface area contributed by atoms with Gasteiger partial charge in [-0.2, -0.15) is 11.8 Å². The quantitative estimate of drug-likeness (QED) is 0.765. The Hall–Kier alpha value is -1.04. The standard InChI is InChI=1S/C18H27NO3S/c1-2-16(15-6-4-3-5-7-15)17(21)19-14-18(22-11-10-20)8-12-23-13-9-18/h3-7,16,20H,2,8-14H2,1H3,(H,19,21). The lowest BCUT2D eigenvalue weighted by Gasteiger charge is -2.37. The van der Waals surface area contributed by atoms with E-state index in [0.29, 0.717) is 13.2 Å². The number of rotatable bonds is 8. The Morgan fingerprint density at radius 1 is 1.35 bits per heavy atom. The molecule has 0 bridgehead atoms. The Bertz CT molecular complexity index is 474. The zero-order valence-electron chi connectivity index (χ0n) is 13.8. The number of carbonyl (C=O) groups excluding carboxylic acids is 1. The molecule has 4 nitrogen and oxygen atoms in total. The van der Waals surface area contributed by atoms with Crippen LogP contribution < -0.4 is 5.32 Å². The van der Waals surface area contributed by atoms with Crippen molar-refractivity contribution >= 4 is 17.7 Å². The van der Waals surface area contributed by atoms with Crippen molar-refractivity contribution in [2.24, 2.45) is 0 Å². The summed E-state index contributed by atoms with van der Waals surface area (Å²) in [6.07, 6.45) is 2.61. The van der Waals surface area contributed by atoms with E-state index >= 15 is 0 Å². The van der Waals surface area contributed by atoms with Crippen molar-refractivity contribution in [3.63, 3.8) is 0 Å². The van der Waals surface area contributed by atoms with Crippen molar-refractivity contribution in [3.8, 4) is 0 Å². The van der Waals surface area contributed by atoms with Gasteiger partial charge in [0.15, 0.2) is 0 Å². The maximum Gasteiger partial charge on any atom is 0.227 e. The number of aliphatic hydroxyl groups is 1.